The maximum absolute atomic E-state index is 10.9. The summed E-state index contributed by atoms with van der Waals surface area (Å²) in [5, 5.41) is 8.37. The van der Waals surface area contributed by atoms with Gasteiger partial charge in [0.2, 0.25) is 0 Å². The summed E-state index contributed by atoms with van der Waals surface area (Å²) in [4.78, 5) is 21.2. The van der Waals surface area contributed by atoms with Crippen LogP contribution >= 0.6 is 0 Å². The molecule has 0 bridgehead atoms. The van der Waals surface area contributed by atoms with E-state index in [1.165, 1.54) is 0 Å². The third kappa shape index (κ3) is 2.09. The lowest BCUT2D eigenvalue weighted by atomic mass is 10.1. The van der Waals surface area contributed by atoms with E-state index in [-0.39, 0.29) is 13.0 Å². The van der Waals surface area contributed by atoms with Gasteiger partial charge in [0.05, 0.1) is 6.61 Å². The van der Waals surface area contributed by atoms with E-state index < -0.39 is 17.8 Å². The van der Waals surface area contributed by atoms with Gasteiger partial charge in [-0.15, -0.1) is 0 Å². The average Bonchev–Trinajstić information content (AvgIpc) is 2.04. The molecule has 1 saturated heterocycles. The van der Waals surface area contributed by atoms with Gasteiger partial charge >= 0.3 is 6.16 Å². The van der Waals surface area contributed by atoms with Crippen LogP contribution in [0.4, 0.5) is 4.79 Å². The van der Waals surface area contributed by atoms with E-state index in [0.717, 1.165) is 6.42 Å². The quantitative estimate of drug-likeness (QED) is 0.598. The van der Waals surface area contributed by atoms with Crippen LogP contribution in [0.2, 0.25) is 0 Å². The molecule has 74 valence electrons. The third-order valence-electron chi connectivity index (χ3n) is 1.86. The number of ether oxygens (including phenoxy) is 2. The smallest absolute Gasteiger partial charge is 0.450 e. The second-order valence-corrected chi connectivity index (χ2v) is 2.79. The van der Waals surface area contributed by atoms with Crippen molar-refractivity contribution in [2.45, 2.75) is 25.0 Å². The number of amides is 1. The molecule has 1 aliphatic heterocycles. The van der Waals surface area contributed by atoms with Gasteiger partial charge in [0.15, 0.2) is 0 Å². The number of primary amides is 1. The van der Waals surface area contributed by atoms with Gasteiger partial charge in [0, 0.05) is 6.42 Å². The Hall–Kier alpha value is -1.30. The lowest BCUT2D eigenvalue weighted by Gasteiger charge is -2.31. The topological polar surface area (TPSA) is 98.9 Å². The summed E-state index contributed by atoms with van der Waals surface area (Å²) < 4.78 is 9.32. The average molecular weight is 189 g/mol. The summed E-state index contributed by atoms with van der Waals surface area (Å²) in [7, 11) is 0. The molecular formula is C7H11NO5. The number of carbonyl (C=O) groups is 2. The highest BCUT2D eigenvalue weighted by molar-refractivity contribution is 5.83. The van der Waals surface area contributed by atoms with Gasteiger partial charge in [-0.05, 0) is 12.8 Å². The van der Waals surface area contributed by atoms with E-state index in [1.807, 2.05) is 0 Å². The van der Waals surface area contributed by atoms with Gasteiger partial charge < -0.3 is 20.3 Å². The second kappa shape index (κ2) is 3.61. The van der Waals surface area contributed by atoms with Crippen LogP contribution in [-0.4, -0.2) is 29.6 Å². The Morgan fingerprint density at radius 3 is 2.54 bits per heavy atom. The Morgan fingerprint density at radius 2 is 2.15 bits per heavy atom. The summed E-state index contributed by atoms with van der Waals surface area (Å²) in [6, 6.07) is 0. The highest BCUT2D eigenvalue weighted by Gasteiger charge is 2.43. The molecule has 13 heavy (non-hydrogen) atoms. The number of carboxylic acid groups (broad SMARTS) is 1. The third-order valence-corrected chi connectivity index (χ3v) is 1.86. The van der Waals surface area contributed by atoms with Gasteiger partial charge in [-0.2, -0.15) is 0 Å². The van der Waals surface area contributed by atoms with Gasteiger partial charge in [-0.25, -0.2) is 4.79 Å². The normalized spacial score (nSPS) is 28.0. The maximum atomic E-state index is 10.9. The van der Waals surface area contributed by atoms with Gasteiger partial charge in [0.1, 0.15) is 0 Å². The fraction of sp³-hybridized carbons (Fsp3) is 0.714. The van der Waals surface area contributed by atoms with Gasteiger partial charge in [0.25, 0.3) is 11.7 Å². The zero-order valence-corrected chi connectivity index (χ0v) is 6.99. The highest BCUT2D eigenvalue weighted by atomic mass is 16.8. The minimum absolute atomic E-state index is 0.189. The molecule has 0 aliphatic carbocycles. The summed E-state index contributed by atoms with van der Waals surface area (Å²) in [6.07, 6.45) is 0.0729. The molecule has 0 aromatic carbocycles. The van der Waals surface area contributed by atoms with Crippen molar-refractivity contribution in [2.24, 2.45) is 5.73 Å². The molecule has 1 amide bonds. The van der Waals surface area contributed by atoms with E-state index in [1.54, 1.807) is 0 Å². The predicted molar refractivity (Wildman–Crippen MR) is 40.8 cm³/mol. The molecule has 1 fully saturated rings. The first-order valence-electron chi connectivity index (χ1n) is 3.93. The SMILES string of the molecule is NC(=O)C1(OC(=O)O)CCCCO1. The molecule has 0 aromatic heterocycles. The van der Waals surface area contributed by atoms with Crippen molar-refractivity contribution in [3.05, 3.63) is 0 Å². The summed E-state index contributed by atoms with van der Waals surface area (Å²) in [5.74, 6) is -2.65. The lowest BCUT2D eigenvalue weighted by molar-refractivity contribution is -0.223. The molecule has 0 aromatic rings. The zero-order valence-electron chi connectivity index (χ0n) is 6.99. The number of hydrogen-bond acceptors (Lipinski definition) is 4. The number of hydrogen-bond donors (Lipinski definition) is 2. The largest absolute Gasteiger partial charge is 0.508 e. The Balaban J connectivity index is 2.73. The summed E-state index contributed by atoms with van der Waals surface area (Å²) in [5.41, 5.74) is 5.00. The molecule has 1 rings (SSSR count). The van der Waals surface area contributed by atoms with Crippen LogP contribution in [0.1, 0.15) is 19.3 Å². The van der Waals surface area contributed by atoms with Crippen molar-refractivity contribution in [1.82, 2.24) is 0 Å². The van der Waals surface area contributed by atoms with Crippen molar-refractivity contribution in [2.75, 3.05) is 6.61 Å². The minimum atomic E-state index is -1.76. The summed E-state index contributed by atoms with van der Waals surface area (Å²) >= 11 is 0. The van der Waals surface area contributed by atoms with Crippen LogP contribution in [0.5, 0.6) is 0 Å². The predicted octanol–water partition coefficient (Wildman–Crippen LogP) is 0.0631. The van der Waals surface area contributed by atoms with Crippen LogP contribution in [-0.2, 0) is 14.3 Å². The van der Waals surface area contributed by atoms with Crippen molar-refractivity contribution < 1.29 is 24.2 Å². The molecular weight excluding hydrogens is 178 g/mol. The van der Waals surface area contributed by atoms with E-state index in [0.29, 0.717) is 6.42 Å². The number of rotatable bonds is 2. The van der Waals surface area contributed by atoms with E-state index >= 15 is 0 Å². The van der Waals surface area contributed by atoms with Crippen LogP contribution in [0.3, 0.4) is 0 Å². The standard InChI is InChI=1S/C7H11NO5/c8-5(9)7(13-6(10)11)3-1-2-4-12-7/h1-4H2,(H2,8,9)(H,10,11). The molecule has 1 heterocycles. The number of nitrogens with two attached hydrogens (primary N) is 1. The Labute approximate surface area is 74.6 Å². The molecule has 1 aliphatic rings. The van der Waals surface area contributed by atoms with Crippen molar-refractivity contribution in [3.63, 3.8) is 0 Å². The van der Waals surface area contributed by atoms with Crippen LogP contribution < -0.4 is 5.73 Å². The zero-order chi connectivity index (χ0) is 9.90. The van der Waals surface area contributed by atoms with E-state index in [4.69, 9.17) is 15.6 Å². The molecule has 1 atom stereocenters. The monoisotopic (exact) mass is 189 g/mol. The first-order valence-corrected chi connectivity index (χ1v) is 3.93. The van der Waals surface area contributed by atoms with Crippen molar-refractivity contribution in [1.29, 1.82) is 0 Å². The fourth-order valence-corrected chi connectivity index (χ4v) is 1.24. The fourth-order valence-electron chi connectivity index (χ4n) is 1.24. The minimum Gasteiger partial charge on any atom is -0.450 e. The van der Waals surface area contributed by atoms with Crippen LogP contribution in [0.25, 0.3) is 0 Å². The van der Waals surface area contributed by atoms with Crippen LogP contribution in [0.15, 0.2) is 0 Å². The molecule has 0 radical (unpaired) electrons. The van der Waals surface area contributed by atoms with Gasteiger partial charge in [-0.3, -0.25) is 4.79 Å². The first-order chi connectivity index (χ1) is 6.07. The van der Waals surface area contributed by atoms with Crippen molar-refractivity contribution >= 4 is 12.1 Å². The molecule has 0 spiro atoms. The van der Waals surface area contributed by atoms with Crippen LogP contribution in [0, 0.1) is 0 Å². The summed E-state index contributed by atoms with van der Waals surface area (Å²) in [6.45, 7) is 0.288. The molecule has 6 nitrogen and oxygen atoms in total. The first kappa shape index (κ1) is 9.79. The molecule has 3 N–H and O–H groups in total. The van der Waals surface area contributed by atoms with E-state index in [2.05, 4.69) is 4.74 Å². The molecule has 0 saturated carbocycles. The Bertz CT molecular complexity index is 221. The Kier molecular flexibility index (Phi) is 2.72. The highest BCUT2D eigenvalue weighted by Crippen LogP contribution is 2.26. The van der Waals surface area contributed by atoms with Gasteiger partial charge in [-0.1, -0.05) is 0 Å². The maximum Gasteiger partial charge on any atom is 0.508 e. The Morgan fingerprint density at radius 1 is 1.46 bits per heavy atom. The van der Waals surface area contributed by atoms with Crippen molar-refractivity contribution in [3.8, 4) is 0 Å². The second-order valence-electron chi connectivity index (χ2n) is 2.79. The molecule has 1 unspecified atom stereocenters. The van der Waals surface area contributed by atoms with E-state index in [9.17, 15) is 9.59 Å². The molecule has 6 heteroatoms. The number of carbonyl (C=O) groups excluding carboxylic acids is 1. The lowest BCUT2D eigenvalue weighted by Crippen LogP contribution is -2.51.